The van der Waals surface area contributed by atoms with E-state index in [0.29, 0.717) is 24.1 Å². The number of hydrogen-bond donors (Lipinski definition) is 4. The molecule has 1 heterocycles. The fourth-order valence-corrected chi connectivity index (χ4v) is 11.5. The first-order valence-corrected chi connectivity index (χ1v) is 15.0. The molecule has 6 fully saturated rings. The van der Waals surface area contributed by atoms with Crippen molar-refractivity contribution < 1.29 is 39.5 Å². The third kappa shape index (κ3) is 2.97. The molecule has 4 N–H and O–H groups in total. The number of nitrogens with zero attached hydrogens (tertiary/aromatic N) is 1. The van der Waals surface area contributed by atoms with Gasteiger partial charge in [0.15, 0.2) is 0 Å². The number of esters is 2. The van der Waals surface area contributed by atoms with Crippen molar-refractivity contribution in [3.05, 3.63) is 59.7 Å². The van der Waals surface area contributed by atoms with E-state index in [9.17, 15) is 30.0 Å². The lowest BCUT2D eigenvalue weighted by Crippen LogP contribution is -2.84. The van der Waals surface area contributed by atoms with E-state index >= 15 is 0 Å². The highest BCUT2D eigenvalue weighted by Crippen LogP contribution is 2.84. The van der Waals surface area contributed by atoms with E-state index in [1.807, 2.05) is 14.0 Å². The van der Waals surface area contributed by atoms with E-state index in [-0.39, 0.29) is 18.8 Å². The maximum atomic E-state index is 13.7. The predicted molar refractivity (Wildman–Crippen MR) is 151 cm³/mol. The molecule has 226 valence electrons. The standard InChI is InChI=1S/C33H41NO8/c1-6-16(2)28(38)41-22-20-17(3)12-31-21(20)25-32(24(31)23(22)42-29(39)18-10-8-7-9-11-18)14-19(35)13-30(4,15-34(25)5)33(32,40)27(37)26(31)36/h6-11,19-27,35-37,40H,3,12-15H2,1-2,4-5H3/b16-6+/t19-,20-,21-,22+,23+,24+,25+,26-,27-,30-,31-,32-,33-/m0/s1. The van der Waals surface area contributed by atoms with E-state index in [1.54, 1.807) is 50.3 Å². The van der Waals surface area contributed by atoms with Gasteiger partial charge in [0.05, 0.1) is 17.8 Å². The second-order valence-electron chi connectivity index (χ2n) is 14.2. The fraction of sp³-hybridized carbons (Fsp3) is 0.636. The van der Waals surface area contributed by atoms with Gasteiger partial charge in [0.2, 0.25) is 0 Å². The number of rotatable bonds is 4. The monoisotopic (exact) mass is 579 g/mol. The zero-order valence-electron chi connectivity index (χ0n) is 24.6. The number of likely N-dealkylation sites (tertiary alicyclic amines) is 1. The van der Waals surface area contributed by atoms with Gasteiger partial charge >= 0.3 is 11.9 Å². The van der Waals surface area contributed by atoms with Gasteiger partial charge in [-0.05, 0) is 58.2 Å². The second kappa shape index (κ2) is 8.76. The zero-order valence-corrected chi connectivity index (χ0v) is 24.6. The van der Waals surface area contributed by atoms with Crippen molar-refractivity contribution in [3.8, 4) is 0 Å². The van der Waals surface area contributed by atoms with Crippen LogP contribution in [0, 0.1) is 34.0 Å². The number of piperidine rings is 1. The van der Waals surface area contributed by atoms with E-state index in [2.05, 4.69) is 11.5 Å². The number of carbonyl (C=O) groups excluding carboxylic acids is 2. The van der Waals surface area contributed by atoms with E-state index in [0.717, 1.165) is 5.57 Å². The van der Waals surface area contributed by atoms with Crippen LogP contribution in [0.2, 0.25) is 0 Å². The van der Waals surface area contributed by atoms with Gasteiger partial charge in [0, 0.05) is 46.2 Å². The molecule has 0 unspecified atom stereocenters. The largest absolute Gasteiger partial charge is 0.454 e. The highest BCUT2D eigenvalue weighted by atomic mass is 16.6. The molecule has 0 aromatic heterocycles. The summed E-state index contributed by atoms with van der Waals surface area (Å²) in [4.78, 5) is 29.3. The van der Waals surface area contributed by atoms with E-state index in [4.69, 9.17) is 9.47 Å². The van der Waals surface area contributed by atoms with Gasteiger partial charge in [0.1, 0.15) is 23.9 Å². The fourth-order valence-electron chi connectivity index (χ4n) is 11.5. The Hall–Kier alpha value is -2.56. The number of benzene rings is 1. The smallest absolute Gasteiger partial charge is 0.338 e. The average Bonchev–Trinajstić information content (AvgIpc) is 3.26. The second-order valence-corrected chi connectivity index (χ2v) is 14.2. The van der Waals surface area contributed by atoms with Crippen LogP contribution in [0.25, 0.3) is 0 Å². The Balaban J connectivity index is 1.48. The molecular formula is C33H41NO8. The number of aliphatic hydroxyl groups excluding tert-OH is 3. The van der Waals surface area contributed by atoms with Crippen LogP contribution in [0.1, 0.15) is 50.4 Å². The summed E-state index contributed by atoms with van der Waals surface area (Å²) in [5.41, 5.74) is -3.43. The third-order valence-corrected chi connectivity index (χ3v) is 12.5. The molecule has 1 aromatic carbocycles. The lowest BCUT2D eigenvalue weighted by atomic mass is 9.38. The molecule has 5 aliphatic carbocycles. The highest BCUT2D eigenvalue weighted by Gasteiger charge is 2.93. The summed E-state index contributed by atoms with van der Waals surface area (Å²) in [6, 6.07) is 8.17. The minimum Gasteiger partial charge on any atom is -0.454 e. The van der Waals surface area contributed by atoms with Crippen LogP contribution >= 0.6 is 0 Å². The lowest BCUT2D eigenvalue weighted by molar-refractivity contribution is -0.361. The number of carbonyl (C=O) groups is 2. The van der Waals surface area contributed by atoms with Crippen LogP contribution in [0.15, 0.2) is 54.1 Å². The van der Waals surface area contributed by atoms with Gasteiger partial charge in [-0.3, -0.25) is 0 Å². The molecular weight excluding hydrogens is 538 g/mol. The van der Waals surface area contributed by atoms with Crippen LogP contribution in [-0.2, 0) is 14.3 Å². The Kier molecular flexibility index (Phi) is 5.89. The van der Waals surface area contributed by atoms with E-state index in [1.165, 1.54) is 0 Å². The van der Waals surface area contributed by atoms with Gasteiger partial charge in [-0.15, -0.1) is 0 Å². The van der Waals surface area contributed by atoms with Gasteiger partial charge in [0.25, 0.3) is 0 Å². The summed E-state index contributed by atoms with van der Waals surface area (Å²) in [7, 11) is 1.99. The molecule has 6 bridgehead atoms. The summed E-state index contributed by atoms with van der Waals surface area (Å²) in [6.45, 7) is 10.1. The Morgan fingerprint density at radius 3 is 2.43 bits per heavy atom. The van der Waals surface area contributed by atoms with Crippen LogP contribution < -0.4 is 0 Å². The molecule has 5 saturated carbocycles. The van der Waals surface area contributed by atoms with Gasteiger partial charge in [-0.2, -0.15) is 0 Å². The molecule has 1 aliphatic heterocycles. The third-order valence-electron chi connectivity index (χ3n) is 12.5. The molecule has 9 heteroatoms. The Labute approximate surface area is 245 Å². The Morgan fingerprint density at radius 1 is 1.07 bits per heavy atom. The summed E-state index contributed by atoms with van der Waals surface area (Å²) in [6.07, 6.45) is -3.18. The first kappa shape index (κ1) is 28.2. The van der Waals surface area contributed by atoms with Crippen LogP contribution in [0.5, 0.6) is 0 Å². The summed E-state index contributed by atoms with van der Waals surface area (Å²) < 4.78 is 12.6. The van der Waals surface area contributed by atoms with E-state index < -0.39 is 82.2 Å². The molecule has 1 saturated heterocycles. The maximum Gasteiger partial charge on any atom is 0.338 e. The van der Waals surface area contributed by atoms with Gasteiger partial charge in [-0.25, -0.2) is 9.59 Å². The minimum atomic E-state index is -1.79. The molecule has 0 amide bonds. The van der Waals surface area contributed by atoms with Crippen molar-refractivity contribution in [1.82, 2.24) is 4.90 Å². The summed E-state index contributed by atoms with van der Waals surface area (Å²) in [5.74, 6) is -2.73. The molecule has 9 nitrogen and oxygen atoms in total. The molecule has 13 atom stereocenters. The molecule has 0 radical (unpaired) electrons. The number of allylic oxidation sites excluding steroid dienone is 1. The highest BCUT2D eigenvalue weighted by molar-refractivity contribution is 5.90. The number of hydrogen-bond acceptors (Lipinski definition) is 9. The van der Waals surface area contributed by atoms with Crippen molar-refractivity contribution in [2.45, 2.75) is 82.2 Å². The normalized spacial score (nSPS) is 50.4. The quantitative estimate of drug-likeness (QED) is 0.239. The summed E-state index contributed by atoms with van der Waals surface area (Å²) >= 11 is 0. The minimum absolute atomic E-state index is 0.161. The summed E-state index contributed by atoms with van der Waals surface area (Å²) in [5, 5.41) is 48.5. The molecule has 2 spiro atoms. The predicted octanol–water partition coefficient (Wildman–Crippen LogP) is 1.84. The maximum absolute atomic E-state index is 13.7. The first-order valence-electron chi connectivity index (χ1n) is 15.0. The van der Waals surface area contributed by atoms with Gasteiger partial charge in [-0.1, -0.05) is 43.4 Å². The molecule has 6 aliphatic rings. The van der Waals surface area contributed by atoms with Crippen molar-refractivity contribution in [2.75, 3.05) is 13.6 Å². The average molecular weight is 580 g/mol. The molecule has 1 aromatic rings. The molecule has 42 heavy (non-hydrogen) atoms. The molecule has 7 rings (SSSR count). The lowest BCUT2D eigenvalue weighted by Gasteiger charge is -2.73. The Bertz CT molecular complexity index is 1400. The number of ether oxygens (including phenoxy) is 2. The van der Waals surface area contributed by atoms with Gasteiger partial charge < -0.3 is 34.8 Å². The van der Waals surface area contributed by atoms with Crippen molar-refractivity contribution in [3.63, 3.8) is 0 Å². The van der Waals surface area contributed by atoms with Crippen molar-refractivity contribution in [2.24, 2.45) is 34.0 Å². The number of aliphatic hydroxyl groups is 4. The first-order chi connectivity index (χ1) is 19.8. The zero-order chi connectivity index (χ0) is 30.1. The van der Waals surface area contributed by atoms with Crippen LogP contribution in [0.3, 0.4) is 0 Å². The topological polar surface area (TPSA) is 137 Å². The Morgan fingerprint density at radius 2 is 1.76 bits per heavy atom. The van der Waals surface area contributed by atoms with Crippen molar-refractivity contribution >= 4 is 11.9 Å². The SMILES string of the molecule is C=C1C[C@]23[C@H]4[C@H]1[C@@H](OC(=O)/C(C)=C/C)[C@@H](OC(=O)c1ccccc1)[C@H]2[C@@]12C[C@@H](O)C[C@@](C)(CN(C)[C@H]41)[C@@]2(O)[C@@H](O)[C@@H]3O. The van der Waals surface area contributed by atoms with Crippen LogP contribution in [-0.4, -0.2) is 93.0 Å². The van der Waals surface area contributed by atoms with Crippen molar-refractivity contribution in [1.29, 1.82) is 0 Å². The van der Waals surface area contributed by atoms with Crippen LogP contribution in [0.4, 0.5) is 0 Å².